The van der Waals surface area contributed by atoms with Crippen LogP contribution in [0.2, 0.25) is 0 Å². The van der Waals surface area contributed by atoms with E-state index in [9.17, 15) is 18.4 Å². The first-order valence-electron chi connectivity index (χ1n) is 6.63. The maximum atomic E-state index is 14.2. The third-order valence-electron chi connectivity index (χ3n) is 3.54. The van der Waals surface area contributed by atoms with Gasteiger partial charge in [-0.05, 0) is 24.2 Å². The van der Waals surface area contributed by atoms with E-state index in [2.05, 4.69) is 10.1 Å². The molecule has 0 bridgehead atoms. The highest BCUT2D eigenvalue weighted by Crippen LogP contribution is 2.33. The highest BCUT2D eigenvalue weighted by Gasteiger charge is 2.45. The molecule has 2 rings (SSSR count). The van der Waals surface area contributed by atoms with Crippen LogP contribution in [0.25, 0.3) is 0 Å². The van der Waals surface area contributed by atoms with E-state index in [4.69, 9.17) is 5.26 Å². The zero-order valence-corrected chi connectivity index (χ0v) is 13.0. The van der Waals surface area contributed by atoms with Gasteiger partial charge < -0.3 is 9.66 Å². The number of benzene rings is 1. The summed E-state index contributed by atoms with van der Waals surface area (Å²) in [5.41, 5.74) is -2.17. The van der Waals surface area contributed by atoms with E-state index in [1.54, 1.807) is 6.07 Å². The SMILES string of the molecule is CC([S+]([O-])CC#N)C(O)(Cn1cncn1)c1ccc(F)cc1F. The Bertz CT molecular complexity index is 707. The average molecular weight is 340 g/mol. The summed E-state index contributed by atoms with van der Waals surface area (Å²) in [6, 6.07) is 4.50. The van der Waals surface area contributed by atoms with Crippen molar-refractivity contribution in [3.63, 3.8) is 0 Å². The molecule has 0 saturated carbocycles. The average Bonchev–Trinajstić information content (AvgIpc) is 2.99. The Morgan fingerprint density at radius 2 is 2.26 bits per heavy atom. The maximum absolute atomic E-state index is 14.2. The van der Waals surface area contributed by atoms with Crippen molar-refractivity contribution in [2.45, 2.75) is 24.3 Å². The largest absolute Gasteiger partial charge is 0.615 e. The molecule has 0 amide bonds. The van der Waals surface area contributed by atoms with Crippen molar-refractivity contribution in [1.82, 2.24) is 14.8 Å². The normalized spacial score (nSPS) is 16.3. The molecular formula is C14H14F2N4O2S. The van der Waals surface area contributed by atoms with Crippen LogP contribution in [0.4, 0.5) is 8.78 Å². The molecule has 122 valence electrons. The zero-order valence-electron chi connectivity index (χ0n) is 12.2. The van der Waals surface area contributed by atoms with Crippen molar-refractivity contribution in [3.05, 3.63) is 48.1 Å². The molecular weight excluding hydrogens is 326 g/mol. The van der Waals surface area contributed by atoms with E-state index in [0.717, 1.165) is 12.1 Å². The number of hydrogen-bond acceptors (Lipinski definition) is 5. The Labute approximate surface area is 134 Å². The summed E-state index contributed by atoms with van der Waals surface area (Å²) in [4.78, 5) is 3.74. The number of nitrogens with zero attached hydrogens (tertiary/aromatic N) is 4. The van der Waals surface area contributed by atoms with Gasteiger partial charge in [-0.15, -0.1) is 0 Å². The molecule has 6 nitrogen and oxygen atoms in total. The number of aromatic nitrogens is 3. The molecule has 0 aliphatic carbocycles. The van der Waals surface area contributed by atoms with Crippen molar-refractivity contribution in [3.8, 4) is 6.07 Å². The molecule has 2 aromatic rings. The molecule has 3 unspecified atom stereocenters. The predicted octanol–water partition coefficient (Wildman–Crippen LogP) is 1.10. The summed E-state index contributed by atoms with van der Waals surface area (Å²) in [5, 5.41) is 22.6. The maximum Gasteiger partial charge on any atom is 0.191 e. The van der Waals surface area contributed by atoms with E-state index >= 15 is 0 Å². The lowest BCUT2D eigenvalue weighted by molar-refractivity contribution is 0.0110. The third kappa shape index (κ3) is 3.67. The van der Waals surface area contributed by atoms with Crippen LogP contribution in [-0.4, -0.2) is 35.4 Å². The lowest BCUT2D eigenvalue weighted by Gasteiger charge is -2.34. The lowest BCUT2D eigenvalue weighted by Crippen LogP contribution is -2.47. The van der Waals surface area contributed by atoms with Gasteiger partial charge in [-0.2, -0.15) is 10.4 Å². The molecule has 1 heterocycles. The van der Waals surface area contributed by atoms with Crippen LogP contribution in [0.3, 0.4) is 0 Å². The fourth-order valence-electron chi connectivity index (χ4n) is 2.24. The molecule has 0 aliphatic rings. The van der Waals surface area contributed by atoms with Crippen molar-refractivity contribution >= 4 is 11.2 Å². The van der Waals surface area contributed by atoms with Gasteiger partial charge in [0.15, 0.2) is 11.4 Å². The molecule has 0 saturated heterocycles. The monoisotopic (exact) mass is 340 g/mol. The minimum atomic E-state index is -1.95. The predicted molar refractivity (Wildman–Crippen MR) is 78.4 cm³/mol. The van der Waals surface area contributed by atoms with Crippen molar-refractivity contribution < 1.29 is 18.4 Å². The number of hydrogen-bond donors (Lipinski definition) is 1. The summed E-state index contributed by atoms with van der Waals surface area (Å²) < 4.78 is 40.7. The van der Waals surface area contributed by atoms with Crippen molar-refractivity contribution in [2.24, 2.45) is 0 Å². The summed E-state index contributed by atoms with van der Waals surface area (Å²) in [5.74, 6) is -2.07. The standard InChI is InChI=1S/C14H14F2N4O2S/c1-10(23(22)5-4-17)14(21,7-20-9-18-8-19-20)12-3-2-11(15)6-13(12)16/h2-3,6,8-10,21H,5,7H2,1H3. The van der Waals surface area contributed by atoms with Crippen LogP contribution >= 0.6 is 0 Å². The molecule has 23 heavy (non-hydrogen) atoms. The first kappa shape index (κ1) is 17.3. The van der Waals surface area contributed by atoms with Crippen LogP contribution in [-0.2, 0) is 23.3 Å². The zero-order chi connectivity index (χ0) is 17.0. The van der Waals surface area contributed by atoms with Gasteiger partial charge in [0.25, 0.3) is 0 Å². The molecule has 3 atom stereocenters. The molecule has 0 aliphatic heterocycles. The first-order chi connectivity index (χ1) is 10.9. The molecule has 0 fully saturated rings. The molecule has 0 radical (unpaired) electrons. The second kappa shape index (κ2) is 7.04. The van der Waals surface area contributed by atoms with Crippen LogP contribution < -0.4 is 0 Å². The van der Waals surface area contributed by atoms with Gasteiger partial charge in [0.2, 0.25) is 0 Å². The second-order valence-corrected chi connectivity index (χ2v) is 6.72. The Morgan fingerprint density at radius 1 is 1.52 bits per heavy atom. The van der Waals surface area contributed by atoms with E-state index in [-0.39, 0.29) is 17.9 Å². The van der Waals surface area contributed by atoms with Gasteiger partial charge in [0.05, 0.1) is 6.54 Å². The Kier molecular flexibility index (Phi) is 5.30. The topological polar surface area (TPSA) is 97.8 Å². The Hall–Kier alpha value is -2.02. The molecule has 1 aromatic heterocycles. The second-order valence-electron chi connectivity index (χ2n) is 4.97. The highest BCUT2D eigenvalue weighted by molar-refractivity contribution is 7.92. The van der Waals surface area contributed by atoms with E-state index < -0.39 is 33.7 Å². The Morgan fingerprint density at radius 3 is 2.83 bits per heavy atom. The minimum Gasteiger partial charge on any atom is -0.615 e. The summed E-state index contributed by atoms with van der Waals surface area (Å²) in [6.07, 6.45) is 2.55. The molecule has 0 spiro atoms. The molecule has 9 heteroatoms. The number of nitriles is 1. The fraction of sp³-hybridized carbons (Fsp3) is 0.357. The van der Waals surface area contributed by atoms with Crippen molar-refractivity contribution in [2.75, 3.05) is 5.75 Å². The highest BCUT2D eigenvalue weighted by atomic mass is 32.2. The van der Waals surface area contributed by atoms with Gasteiger partial charge in [0, 0.05) is 11.6 Å². The summed E-state index contributed by atoms with van der Waals surface area (Å²) in [7, 11) is 0. The van der Waals surface area contributed by atoms with Crippen LogP contribution in [0.15, 0.2) is 30.9 Å². The summed E-state index contributed by atoms with van der Waals surface area (Å²) >= 11 is -1.74. The van der Waals surface area contributed by atoms with Gasteiger partial charge in [-0.3, -0.25) is 0 Å². The van der Waals surface area contributed by atoms with Gasteiger partial charge in [0.1, 0.15) is 35.6 Å². The third-order valence-corrected chi connectivity index (χ3v) is 5.13. The quantitative estimate of drug-likeness (QED) is 0.794. The number of aliphatic hydroxyl groups is 1. The van der Waals surface area contributed by atoms with E-state index in [0.29, 0.717) is 6.07 Å². The first-order valence-corrected chi connectivity index (χ1v) is 8.01. The van der Waals surface area contributed by atoms with E-state index in [1.165, 1.54) is 24.3 Å². The van der Waals surface area contributed by atoms with Gasteiger partial charge >= 0.3 is 0 Å². The summed E-state index contributed by atoms with van der Waals surface area (Å²) in [6.45, 7) is 1.20. The number of halogens is 2. The minimum absolute atomic E-state index is 0.215. The van der Waals surface area contributed by atoms with Crippen molar-refractivity contribution in [1.29, 1.82) is 5.26 Å². The van der Waals surface area contributed by atoms with Crippen LogP contribution in [0, 0.1) is 23.0 Å². The van der Waals surface area contributed by atoms with Crippen LogP contribution in [0.1, 0.15) is 12.5 Å². The number of rotatable bonds is 6. The molecule has 1 aromatic carbocycles. The van der Waals surface area contributed by atoms with Crippen LogP contribution in [0.5, 0.6) is 0 Å². The smallest absolute Gasteiger partial charge is 0.191 e. The fourth-order valence-corrected chi connectivity index (χ4v) is 3.25. The lowest BCUT2D eigenvalue weighted by atomic mass is 9.90. The Balaban J connectivity index is 2.47. The van der Waals surface area contributed by atoms with Gasteiger partial charge in [-0.1, -0.05) is 6.07 Å². The van der Waals surface area contributed by atoms with E-state index in [1.807, 2.05) is 0 Å². The van der Waals surface area contributed by atoms with Gasteiger partial charge in [-0.25, -0.2) is 18.4 Å². The molecule has 1 N–H and O–H groups in total.